The number of hydrogen-bond donors (Lipinski definition) is 1. The van der Waals surface area contributed by atoms with Gasteiger partial charge in [-0.1, -0.05) is 24.0 Å². The lowest BCUT2D eigenvalue weighted by Crippen LogP contribution is -2.67. The second kappa shape index (κ2) is 8.05. The van der Waals surface area contributed by atoms with Crippen LogP contribution < -0.4 is 5.73 Å². The lowest BCUT2D eigenvalue weighted by Gasteiger charge is -2.59. The lowest BCUT2D eigenvalue weighted by molar-refractivity contribution is -0.150. The van der Waals surface area contributed by atoms with Crippen LogP contribution in [0.15, 0.2) is 0 Å². The van der Waals surface area contributed by atoms with E-state index in [-0.39, 0.29) is 0 Å². The van der Waals surface area contributed by atoms with Crippen LogP contribution in [0.1, 0.15) is 51.4 Å². The van der Waals surface area contributed by atoms with Gasteiger partial charge in [0.05, 0.1) is 0 Å². The molecule has 5 aliphatic heterocycles. The van der Waals surface area contributed by atoms with Crippen LogP contribution in [0.2, 0.25) is 0 Å². The number of nitrogens with zero attached hydrogens (tertiary/aromatic N) is 3. The van der Waals surface area contributed by atoms with Crippen LogP contribution in [0.3, 0.4) is 0 Å². The van der Waals surface area contributed by atoms with Gasteiger partial charge >= 0.3 is 0 Å². The van der Waals surface area contributed by atoms with Crippen molar-refractivity contribution in [1.29, 1.82) is 0 Å². The first-order chi connectivity index (χ1) is 13.6. The van der Waals surface area contributed by atoms with Crippen molar-refractivity contribution in [2.24, 2.45) is 17.6 Å². The zero-order valence-corrected chi connectivity index (χ0v) is 18.4. The fourth-order valence-electron chi connectivity index (χ4n) is 6.64. The van der Waals surface area contributed by atoms with Crippen LogP contribution in [0.25, 0.3) is 0 Å². The molecule has 0 aromatic heterocycles. The number of carbonyl (C=O) groups excluding carboxylic acids is 1. The molecule has 0 aliphatic carbocycles. The Labute approximate surface area is 178 Å². The van der Waals surface area contributed by atoms with Gasteiger partial charge in [0, 0.05) is 49.4 Å². The number of thiocarbonyl (C=S) groups is 1. The Balaban J connectivity index is 1.27. The monoisotopic (exact) mass is 422 g/mol. The van der Waals surface area contributed by atoms with Crippen LogP contribution in [0, 0.1) is 11.8 Å². The molecule has 5 saturated heterocycles. The third-order valence-electron chi connectivity index (χ3n) is 7.96. The molecule has 2 N–H and O–H groups in total. The number of carbonyl (C=O) groups is 1. The molecule has 0 saturated carbocycles. The van der Waals surface area contributed by atoms with Crippen molar-refractivity contribution in [3.05, 3.63) is 0 Å². The van der Waals surface area contributed by atoms with Crippen molar-refractivity contribution in [3.63, 3.8) is 0 Å². The number of thioether (sulfide) groups is 1. The minimum Gasteiger partial charge on any atom is -0.357 e. The highest BCUT2D eigenvalue weighted by Crippen LogP contribution is 2.46. The predicted octanol–water partition coefficient (Wildman–Crippen LogP) is 2.29. The average molecular weight is 423 g/mol. The fourth-order valence-corrected chi connectivity index (χ4v) is 8.36. The van der Waals surface area contributed by atoms with Gasteiger partial charge in [-0.2, -0.15) is 0 Å². The highest BCUT2D eigenvalue weighted by Gasteiger charge is 2.51. The smallest absolute Gasteiger partial charge is 0.223 e. The second-order valence-electron chi connectivity index (χ2n) is 9.62. The van der Waals surface area contributed by atoms with E-state index in [4.69, 9.17) is 18.0 Å². The molecular formula is C21H34N4OS2. The van der Waals surface area contributed by atoms with Crippen LogP contribution in [-0.4, -0.2) is 81.0 Å². The summed E-state index contributed by atoms with van der Waals surface area (Å²) in [4.78, 5) is 20.5. The Bertz CT molecular complexity index is 622. The normalized spacial score (nSPS) is 39.5. The van der Waals surface area contributed by atoms with Gasteiger partial charge < -0.3 is 15.5 Å². The molecule has 28 heavy (non-hydrogen) atoms. The molecule has 0 aromatic rings. The Morgan fingerprint density at radius 2 is 1.82 bits per heavy atom. The lowest BCUT2D eigenvalue weighted by atomic mass is 9.68. The van der Waals surface area contributed by atoms with E-state index in [1.807, 2.05) is 0 Å². The quantitative estimate of drug-likeness (QED) is 0.655. The summed E-state index contributed by atoms with van der Waals surface area (Å²) < 4.78 is 0.995. The molecule has 5 nitrogen and oxygen atoms in total. The summed E-state index contributed by atoms with van der Waals surface area (Å²) in [6, 6.07) is 1.50. The Kier molecular flexibility index (Phi) is 5.63. The number of likely N-dealkylation sites (tertiary alicyclic amines) is 1. The van der Waals surface area contributed by atoms with Crippen LogP contribution in [0.4, 0.5) is 0 Å². The number of amides is 1. The van der Waals surface area contributed by atoms with Crippen molar-refractivity contribution in [1.82, 2.24) is 14.7 Å². The number of hydrogen-bond acceptors (Lipinski definition) is 5. The number of rotatable bonds is 1. The minimum atomic E-state index is 0.328. The molecule has 7 heteroatoms. The molecule has 5 atom stereocenters. The summed E-state index contributed by atoms with van der Waals surface area (Å²) in [6.07, 6.45) is 9.09. The summed E-state index contributed by atoms with van der Waals surface area (Å²) in [6.45, 7) is 5.51. The molecule has 0 radical (unpaired) electrons. The van der Waals surface area contributed by atoms with E-state index in [2.05, 4.69) is 14.7 Å². The highest BCUT2D eigenvalue weighted by atomic mass is 32.2. The molecule has 5 fully saturated rings. The average Bonchev–Trinajstić information content (AvgIpc) is 2.70. The summed E-state index contributed by atoms with van der Waals surface area (Å²) >= 11 is 7.58. The molecular weight excluding hydrogens is 388 g/mol. The first-order valence-electron chi connectivity index (χ1n) is 11.3. The maximum absolute atomic E-state index is 13.1. The van der Waals surface area contributed by atoms with E-state index in [0.29, 0.717) is 41.5 Å². The van der Waals surface area contributed by atoms with Gasteiger partial charge in [0.25, 0.3) is 0 Å². The van der Waals surface area contributed by atoms with Gasteiger partial charge in [0.15, 0.2) is 0 Å². The van der Waals surface area contributed by atoms with Crippen LogP contribution >= 0.6 is 24.0 Å². The van der Waals surface area contributed by atoms with E-state index >= 15 is 0 Å². The zero-order valence-electron chi connectivity index (χ0n) is 16.8. The standard InChI is InChI=1S/C21H34N4OS2/c22-15-5-9-24(10-6-15)21(27)28-16-11-18-17-4-2-8-23-7-1-3-14(20(17)23)13-25(18)19(26)12-16/h14-18,20H,1-13,22H2. The van der Waals surface area contributed by atoms with Crippen molar-refractivity contribution in [2.45, 2.75) is 74.7 Å². The number of fused-ring (bicyclic) bond motifs is 2. The van der Waals surface area contributed by atoms with E-state index in [1.54, 1.807) is 11.8 Å². The van der Waals surface area contributed by atoms with E-state index in [0.717, 1.165) is 49.3 Å². The van der Waals surface area contributed by atoms with Crippen LogP contribution in [-0.2, 0) is 4.79 Å². The molecule has 0 bridgehead atoms. The SMILES string of the molecule is NC1CCN(C(=S)SC2CC(=O)N3CC4CCCN5CCCC(C45)C3C2)CC1. The maximum Gasteiger partial charge on any atom is 0.223 e. The summed E-state index contributed by atoms with van der Waals surface area (Å²) in [5.41, 5.74) is 6.04. The minimum absolute atomic E-state index is 0.328. The zero-order chi connectivity index (χ0) is 19.3. The predicted molar refractivity (Wildman–Crippen MR) is 118 cm³/mol. The largest absolute Gasteiger partial charge is 0.357 e. The molecule has 156 valence electrons. The molecule has 5 rings (SSSR count). The first-order valence-corrected chi connectivity index (χ1v) is 12.6. The van der Waals surface area contributed by atoms with Crippen molar-refractivity contribution < 1.29 is 4.79 Å². The van der Waals surface area contributed by atoms with Gasteiger partial charge in [-0.05, 0) is 69.9 Å². The molecule has 5 aliphatic rings. The first kappa shape index (κ1) is 19.6. The topological polar surface area (TPSA) is 52.8 Å². The third-order valence-corrected chi connectivity index (χ3v) is 9.66. The van der Waals surface area contributed by atoms with Crippen molar-refractivity contribution in [2.75, 3.05) is 32.7 Å². The van der Waals surface area contributed by atoms with E-state index in [1.165, 1.54) is 38.8 Å². The molecule has 5 heterocycles. The fraction of sp³-hybridized carbons (Fsp3) is 0.905. The maximum atomic E-state index is 13.1. The van der Waals surface area contributed by atoms with Gasteiger partial charge in [-0.3, -0.25) is 9.69 Å². The molecule has 0 aromatic carbocycles. The summed E-state index contributed by atoms with van der Waals surface area (Å²) in [5, 5.41) is 0.354. The van der Waals surface area contributed by atoms with E-state index in [9.17, 15) is 4.79 Å². The van der Waals surface area contributed by atoms with Crippen molar-refractivity contribution in [3.8, 4) is 0 Å². The second-order valence-corrected chi connectivity index (χ2v) is 11.6. The van der Waals surface area contributed by atoms with Gasteiger partial charge in [-0.15, -0.1) is 0 Å². The summed E-state index contributed by atoms with van der Waals surface area (Å²) in [5.74, 6) is 1.78. The van der Waals surface area contributed by atoms with E-state index < -0.39 is 0 Å². The molecule has 1 amide bonds. The van der Waals surface area contributed by atoms with Gasteiger partial charge in [0.2, 0.25) is 5.91 Å². The number of nitrogens with two attached hydrogens (primary N) is 1. The molecule has 0 spiro atoms. The Morgan fingerprint density at radius 3 is 2.61 bits per heavy atom. The summed E-state index contributed by atoms with van der Waals surface area (Å²) in [7, 11) is 0. The highest BCUT2D eigenvalue weighted by molar-refractivity contribution is 8.23. The Hall–Kier alpha value is -0.370. The van der Waals surface area contributed by atoms with Crippen molar-refractivity contribution >= 4 is 34.2 Å². The third kappa shape index (κ3) is 3.61. The number of piperidine rings is 5. The van der Waals surface area contributed by atoms with Crippen LogP contribution in [0.5, 0.6) is 0 Å². The Morgan fingerprint density at radius 1 is 1.07 bits per heavy atom. The van der Waals surface area contributed by atoms with Gasteiger partial charge in [0.1, 0.15) is 4.32 Å². The molecule has 5 unspecified atom stereocenters. The van der Waals surface area contributed by atoms with Gasteiger partial charge in [-0.25, -0.2) is 0 Å².